The molecule has 0 unspecified atom stereocenters. The fraction of sp³-hybridized carbons (Fsp3) is 0.417. The van der Waals surface area contributed by atoms with Crippen LogP contribution in [0.5, 0.6) is 0 Å². The van der Waals surface area contributed by atoms with Gasteiger partial charge in [-0.05, 0) is 61.1 Å². The highest BCUT2D eigenvalue weighted by Gasteiger charge is 2.44. The Labute approximate surface area is 212 Å². The predicted octanol–water partition coefficient (Wildman–Crippen LogP) is 4.98. The number of rotatable bonds is 6. The number of aliphatic imine (C=N–C) groups is 1. The molecule has 0 aromatic heterocycles. The Morgan fingerprint density at radius 1 is 1.09 bits per heavy atom. The predicted molar refractivity (Wildman–Crippen MR) is 142 cm³/mol. The van der Waals surface area contributed by atoms with Gasteiger partial charge in [0, 0.05) is 49.4 Å². The fourth-order valence-corrected chi connectivity index (χ4v) is 4.27. The lowest BCUT2D eigenvalue weighted by Gasteiger charge is -2.19. The average molecular weight is 568 g/mol. The van der Waals surface area contributed by atoms with Crippen LogP contribution in [0.4, 0.5) is 10.5 Å². The molecule has 32 heavy (non-hydrogen) atoms. The molecule has 172 valence electrons. The molecule has 8 heteroatoms. The second kappa shape index (κ2) is 11.2. The third-order valence-corrected chi connectivity index (χ3v) is 6.37. The first kappa shape index (κ1) is 24.6. The summed E-state index contributed by atoms with van der Waals surface area (Å²) in [7, 11) is 1.78. The number of amides is 2. The Hall–Kier alpha value is -2.00. The number of anilines is 1. The van der Waals surface area contributed by atoms with Crippen LogP contribution in [-0.2, 0) is 12.0 Å². The maximum absolute atomic E-state index is 12.3. The molecule has 1 aliphatic carbocycles. The van der Waals surface area contributed by atoms with E-state index in [1.165, 1.54) is 5.56 Å². The van der Waals surface area contributed by atoms with Crippen molar-refractivity contribution >= 4 is 53.3 Å². The maximum atomic E-state index is 12.3. The minimum Gasteiger partial charge on any atom is -0.356 e. The van der Waals surface area contributed by atoms with E-state index in [9.17, 15) is 4.79 Å². The topological polar surface area (TPSA) is 68.8 Å². The van der Waals surface area contributed by atoms with E-state index in [-0.39, 0.29) is 35.4 Å². The molecular weight excluding hydrogens is 537 g/mol. The summed E-state index contributed by atoms with van der Waals surface area (Å²) in [4.78, 5) is 18.5. The van der Waals surface area contributed by atoms with E-state index in [2.05, 4.69) is 33.1 Å². The number of likely N-dealkylation sites (tertiary alicyclic amines) is 1. The third-order valence-electron chi connectivity index (χ3n) is 6.14. The standard InChI is InChI=1S/C24H30ClN5O.HI/c1-26-22(28-17-24(10-11-24)19-7-5-8-20(25)15-19)27-16-18-6-4-9-21(14-18)29-23(31)30-12-2-3-13-30;/h4-9,14-15H,2-3,10-13,16-17H2,1H3,(H,29,31)(H2,26,27,28);1H. The van der Waals surface area contributed by atoms with Crippen LogP contribution in [0, 0.1) is 0 Å². The Morgan fingerprint density at radius 3 is 2.53 bits per heavy atom. The van der Waals surface area contributed by atoms with Crippen LogP contribution in [0.15, 0.2) is 53.5 Å². The molecule has 2 aromatic rings. The van der Waals surface area contributed by atoms with Gasteiger partial charge in [-0.1, -0.05) is 35.9 Å². The van der Waals surface area contributed by atoms with Crippen molar-refractivity contribution in [3.8, 4) is 0 Å². The molecule has 3 N–H and O–H groups in total. The SMILES string of the molecule is CN=C(NCc1cccc(NC(=O)N2CCCC2)c1)NCC1(c2cccc(Cl)c2)CC1.I. The lowest BCUT2D eigenvalue weighted by Crippen LogP contribution is -2.40. The van der Waals surface area contributed by atoms with Crippen LogP contribution in [0.3, 0.4) is 0 Å². The zero-order valence-corrected chi connectivity index (χ0v) is 21.5. The highest BCUT2D eigenvalue weighted by Crippen LogP contribution is 2.48. The van der Waals surface area contributed by atoms with Crippen molar-refractivity contribution in [1.29, 1.82) is 0 Å². The number of urea groups is 1. The molecule has 1 aliphatic heterocycles. The van der Waals surface area contributed by atoms with Gasteiger partial charge in [-0.2, -0.15) is 0 Å². The minimum atomic E-state index is -0.0177. The molecule has 4 rings (SSSR count). The van der Waals surface area contributed by atoms with Crippen molar-refractivity contribution in [2.45, 2.75) is 37.6 Å². The van der Waals surface area contributed by atoms with E-state index < -0.39 is 0 Å². The molecule has 1 saturated carbocycles. The summed E-state index contributed by atoms with van der Waals surface area (Å²) in [6.45, 7) is 3.12. The van der Waals surface area contributed by atoms with Gasteiger partial charge in [0.15, 0.2) is 5.96 Å². The van der Waals surface area contributed by atoms with Gasteiger partial charge in [0.25, 0.3) is 0 Å². The largest absolute Gasteiger partial charge is 0.356 e. The van der Waals surface area contributed by atoms with Gasteiger partial charge in [-0.3, -0.25) is 4.99 Å². The number of halogens is 2. The number of benzene rings is 2. The van der Waals surface area contributed by atoms with E-state index in [0.717, 1.165) is 67.6 Å². The normalized spacial score (nSPS) is 16.8. The van der Waals surface area contributed by atoms with Gasteiger partial charge < -0.3 is 20.9 Å². The molecule has 2 amide bonds. The zero-order valence-electron chi connectivity index (χ0n) is 18.4. The Balaban J connectivity index is 0.00000289. The summed E-state index contributed by atoms with van der Waals surface area (Å²) in [5.74, 6) is 0.764. The number of nitrogens with one attached hydrogen (secondary N) is 3. The Kier molecular flexibility index (Phi) is 8.64. The molecule has 2 aliphatic rings. The fourth-order valence-electron chi connectivity index (χ4n) is 4.08. The van der Waals surface area contributed by atoms with Crippen LogP contribution in [0.2, 0.25) is 5.02 Å². The van der Waals surface area contributed by atoms with Gasteiger partial charge in [0.05, 0.1) is 0 Å². The summed E-state index contributed by atoms with van der Waals surface area (Å²) in [5, 5.41) is 10.6. The summed E-state index contributed by atoms with van der Waals surface area (Å²) < 4.78 is 0. The first-order valence-corrected chi connectivity index (χ1v) is 11.3. The number of hydrogen-bond acceptors (Lipinski definition) is 2. The van der Waals surface area contributed by atoms with Crippen LogP contribution in [-0.4, -0.2) is 43.6 Å². The molecule has 1 saturated heterocycles. The second-order valence-electron chi connectivity index (χ2n) is 8.39. The minimum absolute atomic E-state index is 0. The number of guanidine groups is 1. The zero-order chi connectivity index (χ0) is 21.7. The maximum Gasteiger partial charge on any atom is 0.321 e. The third kappa shape index (κ3) is 6.28. The monoisotopic (exact) mass is 567 g/mol. The average Bonchev–Trinajstić information content (AvgIpc) is 3.36. The van der Waals surface area contributed by atoms with Crippen molar-refractivity contribution in [2.24, 2.45) is 4.99 Å². The second-order valence-corrected chi connectivity index (χ2v) is 8.83. The van der Waals surface area contributed by atoms with Crippen LogP contribution >= 0.6 is 35.6 Å². The summed E-state index contributed by atoms with van der Waals surface area (Å²) in [5.41, 5.74) is 3.32. The molecule has 6 nitrogen and oxygen atoms in total. The van der Waals surface area contributed by atoms with Crippen LogP contribution in [0.25, 0.3) is 0 Å². The summed E-state index contributed by atoms with van der Waals surface area (Å²) in [6, 6.07) is 16.1. The molecule has 0 bridgehead atoms. The first-order valence-electron chi connectivity index (χ1n) is 10.9. The number of carbonyl (C=O) groups is 1. The van der Waals surface area contributed by atoms with E-state index in [0.29, 0.717) is 6.54 Å². The van der Waals surface area contributed by atoms with Crippen LogP contribution in [0.1, 0.15) is 36.8 Å². The lowest BCUT2D eigenvalue weighted by molar-refractivity contribution is 0.222. The Morgan fingerprint density at radius 2 is 1.84 bits per heavy atom. The van der Waals surface area contributed by atoms with Crippen molar-refractivity contribution in [3.05, 3.63) is 64.7 Å². The van der Waals surface area contributed by atoms with Gasteiger partial charge in [-0.25, -0.2) is 4.79 Å². The number of carbonyl (C=O) groups excluding carboxylic acids is 1. The lowest BCUT2D eigenvalue weighted by atomic mass is 9.96. The van der Waals surface area contributed by atoms with E-state index in [1.54, 1.807) is 7.05 Å². The van der Waals surface area contributed by atoms with E-state index >= 15 is 0 Å². The van der Waals surface area contributed by atoms with Gasteiger partial charge in [-0.15, -0.1) is 24.0 Å². The quantitative estimate of drug-likeness (QED) is 0.262. The van der Waals surface area contributed by atoms with E-state index in [1.807, 2.05) is 41.3 Å². The molecule has 0 radical (unpaired) electrons. The number of hydrogen-bond donors (Lipinski definition) is 3. The van der Waals surface area contributed by atoms with Crippen molar-refractivity contribution in [3.63, 3.8) is 0 Å². The Bertz CT molecular complexity index is 957. The van der Waals surface area contributed by atoms with Gasteiger partial charge >= 0.3 is 6.03 Å². The molecule has 0 atom stereocenters. The van der Waals surface area contributed by atoms with Gasteiger partial charge in [0.1, 0.15) is 0 Å². The summed E-state index contributed by atoms with van der Waals surface area (Å²) >= 11 is 6.18. The first-order chi connectivity index (χ1) is 15.1. The summed E-state index contributed by atoms with van der Waals surface area (Å²) in [6.07, 6.45) is 4.47. The van der Waals surface area contributed by atoms with Crippen molar-refractivity contribution in [2.75, 3.05) is 32.0 Å². The molecule has 0 spiro atoms. The van der Waals surface area contributed by atoms with Crippen molar-refractivity contribution < 1.29 is 4.79 Å². The van der Waals surface area contributed by atoms with Crippen molar-refractivity contribution in [1.82, 2.24) is 15.5 Å². The smallest absolute Gasteiger partial charge is 0.321 e. The number of nitrogens with zero attached hydrogens (tertiary/aromatic N) is 2. The highest BCUT2D eigenvalue weighted by molar-refractivity contribution is 14.0. The molecule has 2 fully saturated rings. The van der Waals surface area contributed by atoms with Crippen LogP contribution < -0.4 is 16.0 Å². The molecule has 1 heterocycles. The van der Waals surface area contributed by atoms with E-state index in [4.69, 9.17) is 11.6 Å². The van der Waals surface area contributed by atoms with Gasteiger partial charge in [0.2, 0.25) is 0 Å². The molecular formula is C24H31ClIN5O. The molecule has 2 aromatic carbocycles. The highest BCUT2D eigenvalue weighted by atomic mass is 127.